The van der Waals surface area contributed by atoms with Crippen molar-refractivity contribution in [3.63, 3.8) is 0 Å². The molecule has 8 nitrogen and oxygen atoms in total. The molecule has 1 N–H and O–H groups in total. The van der Waals surface area contributed by atoms with E-state index in [0.29, 0.717) is 39.9 Å². The summed E-state index contributed by atoms with van der Waals surface area (Å²) in [5.41, 5.74) is -0.140. The molecule has 4 saturated carbocycles. The number of carboxylic acids is 1. The zero-order valence-corrected chi connectivity index (χ0v) is 24.7. The third-order valence-corrected chi connectivity index (χ3v) is 9.75. The first kappa shape index (κ1) is 29.1. The van der Waals surface area contributed by atoms with Crippen molar-refractivity contribution in [2.24, 2.45) is 5.41 Å². The second kappa shape index (κ2) is 10.5. The lowest BCUT2D eigenvalue weighted by Gasteiger charge is -2.51. The molecule has 0 atom stereocenters. The molecule has 0 radical (unpaired) electrons. The number of aromatic carboxylic acids is 1. The Morgan fingerprint density at radius 1 is 1.11 bits per heavy atom. The Hall–Kier alpha value is -3.59. The molecule has 0 spiro atoms. The largest absolute Gasteiger partial charge is 0.478 e. The Morgan fingerprint density at radius 2 is 1.80 bits per heavy atom. The van der Waals surface area contributed by atoms with Crippen molar-refractivity contribution < 1.29 is 32.3 Å². The lowest BCUT2D eigenvalue weighted by atomic mass is 9.59. The molecule has 0 amide bonds. The summed E-state index contributed by atoms with van der Waals surface area (Å²) in [7, 11) is 0. The average molecular weight is 645 g/mol. The lowest BCUT2D eigenvalue weighted by Crippen LogP contribution is -2.47. The number of carbonyl (C=O) groups is 1. The van der Waals surface area contributed by atoms with E-state index in [1.54, 1.807) is 0 Å². The number of hydrogen-bond acceptors (Lipinski definition) is 6. The number of alkyl halides is 3. The number of rotatable bonds is 6. The zero-order valence-electron chi connectivity index (χ0n) is 23.2. The number of ether oxygens (including phenoxy) is 1. The first-order chi connectivity index (χ1) is 21.0. The first-order valence-electron chi connectivity index (χ1n) is 14.2. The van der Waals surface area contributed by atoms with Crippen LogP contribution < -0.4 is 0 Å². The number of nitrogens with zero attached hydrogens (tertiary/aromatic N) is 4. The molecule has 0 aliphatic heterocycles. The van der Waals surface area contributed by atoms with Crippen LogP contribution in [0, 0.1) is 17.3 Å². The maximum atomic E-state index is 13.5. The molecule has 228 valence electrons. The topological polar surface area (TPSA) is 103 Å². The van der Waals surface area contributed by atoms with Crippen LogP contribution in [0.3, 0.4) is 0 Å². The Kier molecular flexibility index (Phi) is 6.95. The van der Waals surface area contributed by atoms with Crippen molar-refractivity contribution in [1.29, 1.82) is 0 Å². The monoisotopic (exact) mass is 644 g/mol. The van der Waals surface area contributed by atoms with Gasteiger partial charge in [-0.3, -0.25) is 9.38 Å². The summed E-state index contributed by atoms with van der Waals surface area (Å²) in [6, 6.07) is 0.596. The number of hydrogen-bond donors (Lipinski definition) is 1. The second-order valence-corrected chi connectivity index (χ2v) is 12.7. The predicted octanol–water partition coefficient (Wildman–Crippen LogP) is 7.95. The first-order valence-corrected chi connectivity index (χ1v) is 15.0. The highest BCUT2D eigenvalue weighted by Gasteiger charge is 2.49. The Bertz CT molecular complexity index is 1820. The fraction of sp³-hybridized carbons (Fsp3) is 0.419. The van der Waals surface area contributed by atoms with E-state index in [0.717, 1.165) is 73.3 Å². The Labute approximate surface area is 259 Å². The van der Waals surface area contributed by atoms with E-state index in [-0.39, 0.29) is 22.4 Å². The molecular weight excluding hydrogens is 620 g/mol. The van der Waals surface area contributed by atoms with Gasteiger partial charge < -0.3 is 14.4 Å². The molecule has 44 heavy (non-hydrogen) atoms. The summed E-state index contributed by atoms with van der Waals surface area (Å²) in [5, 5.41) is 14.6. The smallest absolute Gasteiger partial charge is 0.417 e. The van der Waals surface area contributed by atoms with Crippen LogP contribution in [-0.2, 0) is 17.5 Å². The number of carboxylic acid groups (broad SMARTS) is 1. The van der Waals surface area contributed by atoms with Crippen molar-refractivity contribution in [1.82, 2.24) is 19.5 Å². The summed E-state index contributed by atoms with van der Waals surface area (Å²) in [6.45, 7) is 0.299. The number of fused-ring (bicyclic) bond motifs is 4. The van der Waals surface area contributed by atoms with Gasteiger partial charge in [0.25, 0.3) is 0 Å². The summed E-state index contributed by atoms with van der Waals surface area (Å²) in [4.78, 5) is 19.8. The number of imidazole rings is 1. The summed E-state index contributed by atoms with van der Waals surface area (Å²) in [5.74, 6) is 5.97. The van der Waals surface area contributed by atoms with Crippen molar-refractivity contribution in [2.75, 3.05) is 0 Å². The Balaban J connectivity index is 1.11. The zero-order chi connectivity index (χ0) is 30.9. The number of aromatic nitrogens is 4. The predicted molar refractivity (Wildman–Crippen MR) is 153 cm³/mol. The lowest BCUT2D eigenvalue weighted by molar-refractivity contribution is -0.137. The normalized spacial score (nSPS) is 23.1. The standard InChI is InChI=1S/C31H25Cl2F3N4O4/c32-22-13-37-14-23(33)24(22)25-21(26(44-39-25)17-1-2-17)16-43-30-8-5-29(6-9-30,7-10-30)4-3-19-12-38-27-20(28(41)42)11-18(15-40(19)27)31(34,35)36/h11-15,17H,1-2,5-10,16H2,(H,41,42). The highest BCUT2D eigenvalue weighted by Crippen LogP contribution is 2.54. The van der Waals surface area contributed by atoms with E-state index in [2.05, 4.69) is 27.0 Å². The SMILES string of the molecule is O=C(O)c1cc(C(F)(F)F)cn2c(C#CC34CCC(OCc5c(-c6c(Cl)cncc6Cl)noc5C5CC5)(CC3)CC4)cnc12. The van der Waals surface area contributed by atoms with Crippen LogP contribution in [0.2, 0.25) is 10.0 Å². The molecule has 8 rings (SSSR count). The minimum atomic E-state index is -4.72. The van der Waals surface area contributed by atoms with Crippen molar-refractivity contribution in [2.45, 2.75) is 75.7 Å². The van der Waals surface area contributed by atoms with Crippen LogP contribution in [0.5, 0.6) is 0 Å². The maximum Gasteiger partial charge on any atom is 0.417 e. The molecule has 0 unspecified atom stereocenters. The van der Waals surface area contributed by atoms with E-state index in [4.69, 9.17) is 32.5 Å². The highest BCUT2D eigenvalue weighted by atomic mass is 35.5. The van der Waals surface area contributed by atoms with Crippen molar-refractivity contribution >= 4 is 34.8 Å². The van der Waals surface area contributed by atoms with Gasteiger partial charge in [-0.05, 0) is 63.4 Å². The third-order valence-electron chi connectivity index (χ3n) is 9.18. The molecule has 4 aromatic heterocycles. The van der Waals surface area contributed by atoms with Gasteiger partial charge in [-0.2, -0.15) is 13.2 Å². The second-order valence-electron chi connectivity index (χ2n) is 11.9. The summed E-state index contributed by atoms with van der Waals surface area (Å²) >= 11 is 12.9. The minimum absolute atomic E-state index is 0.0833. The third kappa shape index (κ3) is 5.13. The van der Waals surface area contributed by atoms with Gasteiger partial charge in [0.05, 0.1) is 34.0 Å². The van der Waals surface area contributed by atoms with Crippen molar-refractivity contribution in [3.05, 3.63) is 69.0 Å². The van der Waals surface area contributed by atoms with E-state index in [1.807, 2.05) is 0 Å². The van der Waals surface area contributed by atoms with Crippen LogP contribution in [-0.4, -0.2) is 36.2 Å². The molecule has 2 bridgehead atoms. The fourth-order valence-corrected chi connectivity index (χ4v) is 6.97. The van der Waals surface area contributed by atoms with Gasteiger partial charge >= 0.3 is 12.1 Å². The Morgan fingerprint density at radius 3 is 2.41 bits per heavy atom. The molecule has 0 saturated heterocycles. The quantitative estimate of drug-likeness (QED) is 0.212. The van der Waals surface area contributed by atoms with E-state index >= 15 is 0 Å². The van der Waals surface area contributed by atoms with Crippen LogP contribution >= 0.6 is 23.2 Å². The molecule has 0 aromatic carbocycles. The van der Waals surface area contributed by atoms with Gasteiger partial charge in [0.15, 0.2) is 5.65 Å². The maximum absolute atomic E-state index is 13.5. The number of pyridine rings is 2. The molecule has 13 heteroatoms. The van der Waals surface area contributed by atoms with E-state index < -0.39 is 23.3 Å². The summed E-state index contributed by atoms with van der Waals surface area (Å²) < 4.78 is 54.0. The van der Waals surface area contributed by atoms with Crippen LogP contribution in [0.25, 0.3) is 16.9 Å². The van der Waals surface area contributed by atoms with Gasteiger partial charge in [0, 0.05) is 41.1 Å². The summed E-state index contributed by atoms with van der Waals surface area (Å²) in [6.07, 6.45) is 7.13. The highest BCUT2D eigenvalue weighted by molar-refractivity contribution is 6.38. The van der Waals surface area contributed by atoms with Gasteiger partial charge in [-0.25, -0.2) is 9.78 Å². The van der Waals surface area contributed by atoms with E-state index in [9.17, 15) is 23.1 Å². The van der Waals surface area contributed by atoms with Gasteiger partial charge in [0.2, 0.25) is 0 Å². The molecule has 4 fully saturated rings. The van der Waals surface area contributed by atoms with Gasteiger partial charge in [-0.1, -0.05) is 34.3 Å². The molecule has 4 aliphatic rings. The van der Waals surface area contributed by atoms with Gasteiger partial charge in [-0.15, -0.1) is 0 Å². The molecular formula is C31H25Cl2F3N4O4. The van der Waals surface area contributed by atoms with Gasteiger partial charge in [0.1, 0.15) is 22.7 Å². The van der Waals surface area contributed by atoms with Crippen molar-refractivity contribution in [3.8, 4) is 23.1 Å². The molecule has 4 heterocycles. The van der Waals surface area contributed by atoms with Crippen LogP contribution in [0.1, 0.15) is 90.2 Å². The van der Waals surface area contributed by atoms with E-state index in [1.165, 1.54) is 18.6 Å². The minimum Gasteiger partial charge on any atom is -0.478 e. The van der Waals surface area contributed by atoms with Crippen LogP contribution in [0.15, 0.2) is 35.4 Å². The molecule has 4 aliphatic carbocycles. The average Bonchev–Trinajstić information content (AvgIpc) is 3.63. The fourth-order valence-electron chi connectivity index (χ4n) is 6.43. The van der Waals surface area contributed by atoms with Crippen LogP contribution in [0.4, 0.5) is 13.2 Å². The molecule has 4 aromatic rings. The number of halogens is 5.